The van der Waals surface area contributed by atoms with Crippen molar-refractivity contribution in [3.05, 3.63) is 35.9 Å². The van der Waals surface area contributed by atoms with Crippen LogP contribution in [0.5, 0.6) is 0 Å². The summed E-state index contributed by atoms with van der Waals surface area (Å²) in [4.78, 5) is 40.7. The lowest BCUT2D eigenvalue weighted by molar-refractivity contribution is -0.192. The highest BCUT2D eigenvalue weighted by molar-refractivity contribution is 6.10. The van der Waals surface area contributed by atoms with Gasteiger partial charge in [0, 0.05) is 18.7 Å². The zero-order chi connectivity index (χ0) is 22.1. The van der Waals surface area contributed by atoms with E-state index < -0.39 is 35.8 Å². The first-order chi connectivity index (χ1) is 14.4. The first-order valence-electron chi connectivity index (χ1n) is 10.4. The number of esters is 2. The fourth-order valence-corrected chi connectivity index (χ4v) is 3.61. The number of amides is 1. The van der Waals surface area contributed by atoms with Gasteiger partial charge in [-0.3, -0.25) is 4.79 Å². The molecule has 1 heterocycles. The Balaban J connectivity index is 2.45. The van der Waals surface area contributed by atoms with Crippen LogP contribution < -0.4 is 0 Å². The average Bonchev–Trinajstić information content (AvgIpc) is 2.74. The van der Waals surface area contributed by atoms with E-state index in [1.54, 1.807) is 51.1 Å². The molecule has 0 N–H and O–H groups in total. The minimum Gasteiger partial charge on any atom is -0.464 e. The third-order valence-electron chi connectivity index (χ3n) is 4.95. The van der Waals surface area contributed by atoms with Crippen LogP contribution in [0.15, 0.2) is 30.3 Å². The predicted octanol–water partition coefficient (Wildman–Crippen LogP) is 2.56. The molecule has 0 bridgehead atoms. The molecule has 1 aromatic rings. The van der Waals surface area contributed by atoms with Crippen molar-refractivity contribution >= 4 is 17.8 Å². The molecule has 8 nitrogen and oxygen atoms in total. The Morgan fingerprint density at radius 2 is 1.63 bits per heavy atom. The SMILES string of the molecule is CCOC(=O)C1(C(=O)OCC)CC[C@H](OC(C)OCC)CN1C(=O)c1ccccc1. The van der Waals surface area contributed by atoms with Crippen molar-refractivity contribution in [2.75, 3.05) is 26.4 Å². The minimum absolute atomic E-state index is 0.0305. The van der Waals surface area contributed by atoms with Crippen LogP contribution in [0.3, 0.4) is 0 Å². The van der Waals surface area contributed by atoms with Crippen LogP contribution in [0, 0.1) is 0 Å². The van der Waals surface area contributed by atoms with E-state index >= 15 is 0 Å². The van der Waals surface area contributed by atoms with Crippen LogP contribution in [0.25, 0.3) is 0 Å². The molecule has 30 heavy (non-hydrogen) atoms. The second-order valence-corrected chi connectivity index (χ2v) is 6.90. The highest BCUT2D eigenvalue weighted by Gasteiger charge is 2.58. The average molecular weight is 421 g/mol. The first kappa shape index (κ1) is 23.8. The number of likely N-dealkylation sites (tertiary alicyclic amines) is 1. The molecule has 166 valence electrons. The number of hydrogen-bond acceptors (Lipinski definition) is 7. The molecular weight excluding hydrogens is 390 g/mol. The third-order valence-corrected chi connectivity index (χ3v) is 4.95. The normalized spacial score (nSPS) is 19.1. The van der Waals surface area contributed by atoms with E-state index in [9.17, 15) is 14.4 Å². The van der Waals surface area contributed by atoms with Gasteiger partial charge in [-0.2, -0.15) is 0 Å². The summed E-state index contributed by atoms with van der Waals surface area (Å²) >= 11 is 0. The Hall–Kier alpha value is -2.45. The van der Waals surface area contributed by atoms with Crippen LogP contribution in [0.4, 0.5) is 0 Å². The van der Waals surface area contributed by atoms with Crippen LogP contribution in [0.1, 0.15) is 50.9 Å². The molecule has 2 rings (SSSR count). The largest absolute Gasteiger partial charge is 0.464 e. The highest BCUT2D eigenvalue weighted by Crippen LogP contribution is 2.34. The van der Waals surface area contributed by atoms with Crippen molar-refractivity contribution in [1.29, 1.82) is 0 Å². The Morgan fingerprint density at radius 1 is 1.03 bits per heavy atom. The van der Waals surface area contributed by atoms with Gasteiger partial charge in [-0.05, 0) is 52.7 Å². The zero-order valence-corrected chi connectivity index (χ0v) is 18.1. The monoisotopic (exact) mass is 421 g/mol. The van der Waals surface area contributed by atoms with Gasteiger partial charge in [0.15, 0.2) is 6.29 Å². The van der Waals surface area contributed by atoms with Crippen molar-refractivity contribution in [3.8, 4) is 0 Å². The van der Waals surface area contributed by atoms with Crippen molar-refractivity contribution in [1.82, 2.24) is 4.90 Å². The molecule has 0 spiro atoms. The molecule has 8 heteroatoms. The Kier molecular flexibility index (Phi) is 8.80. The summed E-state index contributed by atoms with van der Waals surface area (Å²) in [6.07, 6.45) is -0.483. The predicted molar refractivity (Wildman–Crippen MR) is 109 cm³/mol. The van der Waals surface area contributed by atoms with Crippen LogP contribution >= 0.6 is 0 Å². The maximum atomic E-state index is 13.4. The van der Waals surface area contributed by atoms with E-state index in [0.717, 1.165) is 0 Å². The number of carbonyl (C=O) groups excluding carboxylic acids is 3. The number of piperidine rings is 1. The second kappa shape index (κ2) is 11.1. The number of rotatable bonds is 9. The topological polar surface area (TPSA) is 91.4 Å². The lowest BCUT2D eigenvalue weighted by atomic mass is 9.84. The molecule has 1 aliphatic heterocycles. The Bertz CT molecular complexity index is 703. The van der Waals surface area contributed by atoms with E-state index in [1.165, 1.54) is 4.90 Å². The van der Waals surface area contributed by atoms with Gasteiger partial charge in [0.1, 0.15) is 0 Å². The molecule has 0 saturated carbocycles. The fourth-order valence-electron chi connectivity index (χ4n) is 3.61. The summed E-state index contributed by atoms with van der Waals surface area (Å²) in [6, 6.07) is 8.50. The summed E-state index contributed by atoms with van der Waals surface area (Å²) in [5, 5.41) is 0. The summed E-state index contributed by atoms with van der Waals surface area (Å²) in [5.74, 6) is -2.04. The number of nitrogens with zero attached hydrogens (tertiary/aromatic N) is 1. The number of carbonyl (C=O) groups is 3. The van der Waals surface area contributed by atoms with Gasteiger partial charge in [-0.25, -0.2) is 9.59 Å². The molecule has 0 aromatic heterocycles. The Labute approximate surface area is 177 Å². The van der Waals surface area contributed by atoms with Gasteiger partial charge in [0.2, 0.25) is 5.54 Å². The van der Waals surface area contributed by atoms with Gasteiger partial charge in [-0.1, -0.05) is 18.2 Å². The number of hydrogen-bond donors (Lipinski definition) is 0. The van der Waals surface area contributed by atoms with E-state index in [0.29, 0.717) is 18.6 Å². The molecule has 1 aromatic carbocycles. The smallest absolute Gasteiger partial charge is 0.343 e. The van der Waals surface area contributed by atoms with Crippen molar-refractivity contribution in [2.45, 2.75) is 58.5 Å². The standard InChI is InChI=1S/C22H31NO7/c1-5-27-16(4)30-18-13-14-22(20(25)28-6-2,21(26)29-7-3)23(15-18)19(24)17-11-9-8-10-12-17/h8-12,16,18H,5-7,13-15H2,1-4H3/t16?,18-/m0/s1. The molecule has 1 saturated heterocycles. The summed E-state index contributed by atoms with van der Waals surface area (Å²) < 4.78 is 21.8. The number of benzene rings is 1. The molecular formula is C22H31NO7. The Morgan fingerprint density at radius 3 is 2.17 bits per heavy atom. The molecule has 1 fully saturated rings. The molecule has 1 aliphatic rings. The van der Waals surface area contributed by atoms with Gasteiger partial charge >= 0.3 is 11.9 Å². The fraction of sp³-hybridized carbons (Fsp3) is 0.591. The van der Waals surface area contributed by atoms with Gasteiger partial charge < -0.3 is 23.8 Å². The number of ether oxygens (including phenoxy) is 4. The molecule has 1 amide bonds. The maximum Gasteiger partial charge on any atom is 0.343 e. The van der Waals surface area contributed by atoms with Crippen LogP contribution in [-0.4, -0.2) is 67.0 Å². The molecule has 1 unspecified atom stereocenters. The quantitative estimate of drug-likeness (QED) is 0.344. The van der Waals surface area contributed by atoms with Crippen molar-refractivity contribution in [2.24, 2.45) is 0 Å². The van der Waals surface area contributed by atoms with Crippen LogP contribution in [-0.2, 0) is 28.5 Å². The van der Waals surface area contributed by atoms with Crippen molar-refractivity contribution < 1.29 is 33.3 Å². The second-order valence-electron chi connectivity index (χ2n) is 6.90. The van der Waals surface area contributed by atoms with Crippen LogP contribution in [0.2, 0.25) is 0 Å². The lowest BCUT2D eigenvalue weighted by Crippen LogP contribution is -2.67. The minimum atomic E-state index is -1.85. The van der Waals surface area contributed by atoms with E-state index in [4.69, 9.17) is 18.9 Å². The van der Waals surface area contributed by atoms with Crippen molar-refractivity contribution in [3.63, 3.8) is 0 Å². The van der Waals surface area contributed by atoms with E-state index in [2.05, 4.69) is 0 Å². The summed E-state index contributed by atoms with van der Waals surface area (Å²) in [6.45, 7) is 7.60. The van der Waals surface area contributed by atoms with Gasteiger partial charge in [0.25, 0.3) is 5.91 Å². The first-order valence-corrected chi connectivity index (χ1v) is 10.4. The summed E-state index contributed by atoms with van der Waals surface area (Å²) in [5.41, 5.74) is -1.50. The molecule has 0 radical (unpaired) electrons. The maximum absolute atomic E-state index is 13.4. The van der Waals surface area contributed by atoms with Gasteiger partial charge in [-0.15, -0.1) is 0 Å². The van der Waals surface area contributed by atoms with E-state index in [-0.39, 0.29) is 26.2 Å². The summed E-state index contributed by atoms with van der Waals surface area (Å²) in [7, 11) is 0. The highest BCUT2D eigenvalue weighted by atomic mass is 16.7. The van der Waals surface area contributed by atoms with E-state index in [1.807, 2.05) is 6.92 Å². The molecule has 0 aliphatic carbocycles. The zero-order valence-electron chi connectivity index (χ0n) is 18.1. The van der Waals surface area contributed by atoms with Gasteiger partial charge in [0.05, 0.1) is 19.3 Å². The lowest BCUT2D eigenvalue weighted by Gasteiger charge is -2.45. The molecule has 2 atom stereocenters. The third kappa shape index (κ3) is 5.17.